The van der Waals surface area contributed by atoms with Crippen molar-refractivity contribution in [3.63, 3.8) is 0 Å². The summed E-state index contributed by atoms with van der Waals surface area (Å²) in [6, 6.07) is 8.76. The van der Waals surface area contributed by atoms with E-state index >= 15 is 0 Å². The molecule has 0 aromatic heterocycles. The maximum absolute atomic E-state index is 5.89. The Balaban J connectivity index is 1.96. The van der Waals surface area contributed by atoms with Gasteiger partial charge in [0.05, 0.1) is 0 Å². The van der Waals surface area contributed by atoms with Gasteiger partial charge in [0.15, 0.2) is 0 Å². The highest BCUT2D eigenvalue weighted by Gasteiger charge is 2.29. The fourth-order valence-corrected chi connectivity index (χ4v) is 3.34. The van der Waals surface area contributed by atoms with E-state index in [9.17, 15) is 0 Å². The third-order valence-corrected chi connectivity index (χ3v) is 4.68. The number of thioether (sulfide) groups is 1. The van der Waals surface area contributed by atoms with Gasteiger partial charge in [-0.1, -0.05) is 23.7 Å². The molecule has 0 spiro atoms. The minimum absolute atomic E-state index is 0.626. The zero-order chi connectivity index (χ0) is 12.3. The molecule has 1 aliphatic heterocycles. The summed E-state index contributed by atoms with van der Waals surface area (Å²) in [5.74, 6) is 0. The van der Waals surface area contributed by atoms with E-state index < -0.39 is 0 Å². The lowest BCUT2D eigenvalue weighted by atomic mass is 10.1. The van der Waals surface area contributed by atoms with Gasteiger partial charge >= 0.3 is 0 Å². The van der Waals surface area contributed by atoms with Crippen molar-refractivity contribution in [2.45, 2.75) is 17.8 Å². The van der Waals surface area contributed by atoms with E-state index in [1.54, 1.807) is 0 Å². The van der Waals surface area contributed by atoms with E-state index in [1.807, 2.05) is 23.9 Å². The SMILES string of the molecule is CSC1CNCC1N(C)Cc1ccc(Cl)cc1. The number of hydrogen-bond acceptors (Lipinski definition) is 3. The van der Waals surface area contributed by atoms with E-state index in [2.05, 4.69) is 35.7 Å². The second-order valence-corrected chi connectivity index (χ2v) is 6.05. The molecular formula is C13H19ClN2S. The van der Waals surface area contributed by atoms with Crippen molar-refractivity contribution in [2.75, 3.05) is 26.4 Å². The Morgan fingerprint density at radius 1 is 1.35 bits per heavy atom. The van der Waals surface area contributed by atoms with Gasteiger partial charge in [-0.05, 0) is 31.0 Å². The summed E-state index contributed by atoms with van der Waals surface area (Å²) in [4.78, 5) is 2.43. The van der Waals surface area contributed by atoms with Crippen LogP contribution in [0.5, 0.6) is 0 Å². The van der Waals surface area contributed by atoms with Crippen LogP contribution < -0.4 is 5.32 Å². The van der Waals surface area contributed by atoms with Gasteiger partial charge in [0.25, 0.3) is 0 Å². The van der Waals surface area contributed by atoms with Gasteiger partial charge in [-0.3, -0.25) is 4.90 Å². The molecule has 2 nitrogen and oxygen atoms in total. The van der Waals surface area contributed by atoms with Crippen LogP contribution in [0.4, 0.5) is 0 Å². The third-order valence-electron chi connectivity index (χ3n) is 3.34. The number of likely N-dealkylation sites (N-methyl/N-ethyl adjacent to an activating group) is 1. The number of benzene rings is 1. The Labute approximate surface area is 113 Å². The van der Waals surface area contributed by atoms with Gasteiger partial charge in [0, 0.05) is 35.9 Å². The maximum atomic E-state index is 5.89. The predicted molar refractivity (Wildman–Crippen MR) is 76.9 cm³/mol. The molecule has 1 aromatic carbocycles. The van der Waals surface area contributed by atoms with E-state index in [-0.39, 0.29) is 0 Å². The first kappa shape index (κ1) is 13.2. The van der Waals surface area contributed by atoms with Crippen LogP contribution in [0, 0.1) is 0 Å². The highest BCUT2D eigenvalue weighted by molar-refractivity contribution is 7.99. The molecular weight excluding hydrogens is 252 g/mol. The molecule has 1 aliphatic rings. The molecule has 4 heteroatoms. The van der Waals surface area contributed by atoms with Gasteiger partial charge < -0.3 is 5.32 Å². The van der Waals surface area contributed by atoms with Crippen LogP contribution in [0.15, 0.2) is 24.3 Å². The summed E-state index contributed by atoms with van der Waals surface area (Å²) in [7, 11) is 2.20. The molecule has 1 aromatic rings. The lowest BCUT2D eigenvalue weighted by Crippen LogP contribution is -2.38. The minimum Gasteiger partial charge on any atom is -0.314 e. The molecule has 0 radical (unpaired) electrons. The molecule has 0 saturated carbocycles. The van der Waals surface area contributed by atoms with E-state index in [0.717, 1.165) is 24.7 Å². The summed E-state index contributed by atoms with van der Waals surface area (Å²) < 4.78 is 0. The van der Waals surface area contributed by atoms with E-state index in [4.69, 9.17) is 11.6 Å². The Bertz CT molecular complexity index is 355. The molecule has 0 amide bonds. The summed E-state index contributed by atoms with van der Waals surface area (Å²) in [6.45, 7) is 3.20. The topological polar surface area (TPSA) is 15.3 Å². The zero-order valence-electron chi connectivity index (χ0n) is 10.3. The number of nitrogens with one attached hydrogen (secondary N) is 1. The monoisotopic (exact) mass is 270 g/mol. The first-order chi connectivity index (χ1) is 8.20. The number of halogens is 1. The highest BCUT2D eigenvalue weighted by atomic mass is 35.5. The van der Waals surface area contributed by atoms with Crippen LogP contribution >= 0.6 is 23.4 Å². The summed E-state index contributed by atoms with van der Waals surface area (Å²) >= 11 is 7.85. The van der Waals surface area contributed by atoms with Gasteiger partial charge in [0.1, 0.15) is 0 Å². The lowest BCUT2D eigenvalue weighted by Gasteiger charge is -2.28. The van der Waals surface area contributed by atoms with Crippen molar-refractivity contribution < 1.29 is 0 Å². The Hall–Kier alpha value is -0.220. The number of nitrogens with zero attached hydrogens (tertiary/aromatic N) is 1. The van der Waals surface area contributed by atoms with E-state index in [0.29, 0.717) is 11.3 Å². The Morgan fingerprint density at radius 3 is 2.71 bits per heavy atom. The van der Waals surface area contributed by atoms with Crippen molar-refractivity contribution in [2.24, 2.45) is 0 Å². The molecule has 0 bridgehead atoms. The first-order valence-corrected chi connectivity index (χ1v) is 7.55. The molecule has 1 N–H and O–H groups in total. The largest absolute Gasteiger partial charge is 0.314 e. The second-order valence-electron chi connectivity index (χ2n) is 4.54. The average Bonchev–Trinajstić information content (AvgIpc) is 2.80. The third kappa shape index (κ3) is 3.38. The molecule has 1 heterocycles. The number of hydrogen-bond donors (Lipinski definition) is 1. The van der Waals surface area contributed by atoms with Crippen LogP contribution in [-0.4, -0.2) is 42.6 Å². The second kappa shape index (κ2) is 6.10. The standard InChI is InChI=1S/C13H19ClN2S/c1-16(12-7-15-8-13(12)17-2)9-10-3-5-11(14)6-4-10/h3-6,12-13,15H,7-9H2,1-2H3. The minimum atomic E-state index is 0.626. The molecule has 94 valence electrons. The van der Waals surface area contributed by atoms with Gasteiger partial charge in [-0.25, -0.2) is 0 Å². The molecule has 0 aliphatic carbocycles. The summed E-state index contributed by atoms with van der Waals surface area (Å²) in [6.07, 6.45) is 2.20. The van der Waals surface area contributed by atoms with Crippen LogP contribution in [0.25, 0.3) is 0 Å². The molecule has 2 rings (SSSR count). The quantitative estimate of drug-likeness (QED) is 0.905. The van der Waals surface area contributed by atoms with Crippen LogP contribution in [-0.2, 0) is 6.54 Å². The fraction of sp³-hybridized carbons (Fsp3) is 0.538. The maximum Gasteiger partial charge on any atom is 0.0406 e. The van der Waals surface area contributed by atoms with Crippen molar-refractivity contribution in [1.29, 1.82) is 0 Å². The Morgan fingerprint density at radius 2 is 2.06 bits per heavy atom. The highest BCUT2D eigenvalue weighted by Crippen LogP contribution is 2.21. The van der Waals surface area contributed by atoms with Gasteiger partial charge in [0.2, 0.25) is 0 Å². The summed E-state index contributed by atoms with van der Waals surface area (Å²) in [5, 5.41) is 4.97. The normalized spacial score (nSPS) is 24.5. The average molecular weight is 271 g/mol. The van der Waals surface area contributed by atoms with Gasteiger partial charge in [-0.2, -0.15) is 11.8 Å². The van der Waals surface area contributed by atoms with Gasteiger partial charge in [-0.15, -0.1) is 0 Å². The summed E-state index contributed by atoms with van der Waals surface area (Å²) in [5.41, 5.74) is 1.32. The predicted octanol–water partition coefficient (Wildman–Crippen LogP) is 2.48. The molecule has 17 heavy (non-hydrogen) atoms. The van der Waals surface area contributed by atoms with Crippen molar-refractivity contribution >= 4 is 23.4 Å². The van der Waals surface area contributed by atoms with E-state index in [1.165, 1.54) is 5.56 Å². The molecule has 2 atom stereocenters. The molecule has 1 saturated heterocycles. The molecule has 2 unspecified atom stereocenters. The van der Waals surface area contributed by atoms with Crippen LogP contribution in [0.1, 0.15) is 5.56 Å². The first-order valence-electron chi connectivity index (χ1n) is 5.89. The smallest absolute Gasteiger partial charge is 0.0406 e. The van der Waals surface area contributed by atoms with Crippen molar-refractivity contribution in [3.05, 3.63) is 34.9 Å². The fourth-order valence-electron chi connectivity index (χ4n) is 2.32. The lowest BCUT2D eigenvalue weighted by molar-refractivity contribution is 0.253. The Kier molecular flexibility index (Phi) is 4.74. The van der Waals surface area contributed by atoms with Crippen molar-refractivity contribution in [3.8, 4) is 0 Å². The van der Waals surface area contributed by atoms with Crippen molar-refractivity contribution in [1.82, 2.24) is 10.2 Å². The molecule has 1 fully saturated rings. The van der Waals surface area contributed by atoms with Crippen LogP contribution in [0.3, 0.4) is 0 Å². The van der Waals surface area contributed by atoms with Crippen LogP contribution in [0.2, 0.25) is 5.02 Å². The zero-order valence-corrected chi connectivity index (χ0v) is 11.9. The number of rotatable bonds is 4.